The summed E-state index contributed by atoms with van der Waals surface area (Å²) in [5.74, 6) is -1.54. The van der Waals surface area contributed by atoms with E-state index in [2.05, 4.69) is 6.92 Å². The van der Waals surface area contributed by atoms with Gasteiger partial charge in [0.15, 0.2) is 11.6 Å². The van der Waals surface area contributed by atoms with Gasteiger partial charge in [-0.05, 0) is 24.5 Å². The summed E-state index contributed by atoms with van der Waals surface area (Å²) in [4.78, 5) is 0. The lowest BCUT2D eigenvalue weighted by Crippen LogP contribution is -2.06. The van der Waals surface area contributed by atoms with E-state index >= 15 is 0 Å². The van der Waals surface area contributed by atoms with Crippen molar-refractivity contribution in [1.82, 2.24) is 0 Å². The maximum absolute atomic E-state index is 13.5. The van der Waals surface area contributed by atoms with Gasteiger partial charge in [0.2, 0.25) is 0 Å². The summed E-state index contributed by atoms with van der Waals surface area (Å²) >= 11 is 6.19. The number of hydrogen-bond acceptors (Lipinski definition) is 0. The van der Waals surface area contributed by atoms with Crippen LogP contribution in [0.5, 0.6) is 0 Å². The fraction of sp³-hybridized carbons (Fsp3) is 0.625. The molecule has 0 saturated carbocycles. The van der Waals surface area contributed by atoms with Crippen LogP contribution in [0, 0.1) is 11.6 Å². The van der Waals surface area contributed by atoms with Crippen molar-refractivity contribution in [2.75, 3.05) is 0 Å². The Hall–Kier alpha value is -0.630. The van der Waals surface area contributed by atoms with Crippen LogP contribution in [0.15, 0.2) is 18.2 Å². The average molecular weight is 289 g/mol. The fourth-order valence-electron chi connectivity index (χ4n) is 2.19. The van der Waals surface area contributed by atoms with Crippen molar-refractivity contribution in [3.05, 3.63) is 35.4 Å². The molecule has 0 bridgehead atoms. The van der Waals surface area contributed by atoms with E-state index in [0.29, 0.717) is 12.0 Å². The predicted octanol–water partition coefficient (Wildman–Crippen LogP) is 5.87. The van der Waals surface area contributed by atoms with Gasteiger partial charge in [-0.15, -0.1) is 11.6 Å². The van der Waals surface area contributed by atoms with Gasteiger partial charge in [-0.3, -0.25) is 0 Å². The molecule has 0 aliphatic rings. The molecule has 0 N–H and O–H groups in total. The molecule has 0 aliphatic heterocycles. The Morgan fingerprint density at radius 1 is 1.05 bits per heavy atom. The molecule has 1 rings (SSSR count). The first-order valence-electron chi connectivity index (χ1n) is 7.22. The lowest BCUT2D eigenvalue weighted by molar-refractivity contribution is 0.495. The van der Waals surface area contributed by atoms with Crippen molar-refractivity contribution in [2.24, 2.45) is 0 Å². The van der Waals surface area contributed by atoms with Crippen LogP contribution >= 0.6 is 11.6 Å². The third-order valence-corrected chi connectivity index (χ3v) is 3.72. The van der Waals surface area contributed by atoms with Gasteiger partial charge in [0.25, 0.3) is 0 Å². The van der Waals surface area contributed by atoms with E-state index in [4.69, 9.17) is 11.6 Å². The topological polar surface area (TPSA) is 0 Å². The van der Waals surface area contributed by atoms with Crippen LogP contribution in [0.4, 0.5) is 8.78 Å². The van der Waals surface area contributed by atoms with E-state index in [1.54, 1.807) is 6.07 Å². The van der Waals surface area contributed by atoms with Crippen molar-refractivity contribution in [2.45, 2.75) is 63.7 Å². The summed E-state index contributed by atoms with van der Waals surface area (Å²) in [6.45, 7) is 2.20. The second-order valence-corrected chi connectivity index (χ2v) is 5.69. The summed E-state index contributed by atoms with van der Waals surface area (Å²) in [5.41, 5.74) is 0.381. The molecule has 0 spiro atoms. The zero-order chi connectivity index (χ0) is 14.1. The van der Waals surface area contributed by atoms with Crippen LogP contribution in [0.3, 0.4) is 0 Å². The average Bonchev–Trinajstić information content (AvgIpc) is 2.39. The van der Waals surface area contributed by atoms with Gasteiger partial charge in [-0.2, -0.15) is 0 Å². The molecule has 0 fully saturated rings. The van der Waals surface area contributed by atoms with Gasteiger partial charge in [-0.25, -0.2) is 8.78 Å². The van der Waals surface area contributed by atoms with E-state index in [0.717, 1.165) is 18.9 Å². The molecule has 3 heteroatoms. The summed E-state index contributed by atoms with van der Waals surface area (Å²) in [7, 11) is 0. The highest BCUT2D eigenvalue weighted by atomic mass is 35.5. The summed E-state index contributed by atoms with van der Waals surface area (Å²) in [6, 6.07) is 4.27. The minimum Gasteiger partial charge on any atom is -0.204 e. The molecule has 0 aliphatic carbocycles. The highest BCUT2D eigenvalue weighted by Crippen LogP contribution is 2.19. The highest BCUT2D eigenvalue weighted by Gasteiger charge is 2.12. The van der Waals surface area contributed by atoms with Crippen molar-refractivity contribution < 1.29 is 8.78 Å². The second kappa shape index (κ2) is 9.30. The second-order valence-electron chi connectivity index (χ2n) is 5.07. The highest BCUT2D eigenvalue weighted by molar-refractivity contribution is 6.20. The Bertz CT molecular complexity index is 366. The van der Waals surface area contributed by atoms with Crippen LogP contribution in [0.1, 0.15) is 57.4 Å². The fourth-order valence-corrected chi connectivity index (χ4v) is 2.51. The Balaban J connectivity index is 2.23. The Labute approximate surface area is 120 Å². The first-order valence-corrected chi connectivity index (χ1v) is 7.65. The van der Waals surface area contributed by atoms with Gasteiger partial charge in [0.05, 0.1) is 0 Å². The zero-order valence-electron chi connectivity index (χ0n) is 11.6. The van der Waals surface area contributed by atoms with E-state index in [1.165, 1.54) is 38.2 Å². The van der Waals surface area contributed by atoms with Crippen molar-refractivity contribution in [3.63, 3.8) is 0 Å². The van der Waals surface area contributed by atoms with Gasteiger partial charge < -0.3 is 0 Å². The predicted molar refractivity (Wildman–Crippen MR) is 77.7 cm³/mol. The first kappa shape index (κ1) is 16.4. The van der Waals surface area contributed by atoms with Gasteiger partial charge in [0.1, 0.15) is 0 Å². The summed E-state index contributed by atoms with van der Waals surface area (Å²) in [6.07, 6.45) is 8.57. The monoisotopic (exact) mass is 288 g/mol. The Morgan fingerprint density at radius 3 is 2.47 bits per heavy atom. The molecule has 0 radical (unpaired) electrons. The SMILES string of the molecule is CCCCCCCCC(Cl)Cc1cccc(F)c1F. The lowest BCUT2D eigenvalue weighted by atomic mass is 10.0. The standard InChI is InChI=1S/C16H23ClF2/c1-2-3-4-5-6-7-10-14(17)12-13-9-8-11-15(18)16(13)19/h8-9,11,14H,2-7,10,12H2,1H3. The van der Waals surface area contributed by atoms with E-state index in [1.807, 2.05) is 0 Å². The molecule has 108 valence electrons. The van der Waals surface area contributed by atoms with Crippen LogP contribution in [-0.2, 0) is 6.42 Å². The number of rotatable bonds is 9. The smallest absolute Gasteiger partial charge is 0.162 e. The number of halogens is 3. The molecule has 0 amide bonds. The lowest BCUT2D eigenvalue weighted by Gasteiger charge is -2.10. The van der Waals surface area contributed by atoms with Crippen molar-refractivity contribution in [1.29, 1.82) is 0 Å². The quantitative estimate of drug-likeness (QED) is 0.394. The van der Waals surface area contributed by atoms with Gasteiger partial charge >= 0.3 is 0 Å². The number of unbranched alkanes of at least 4 members (excludes halogenated alkanes) is 5. The number of alkyl halides is 1. The number of benzene rings is 1. The number of hydrogen-bond donors (Lipinski definition) is 0. The maximum atomic E-state index is 13.5. The minimum absolute atomic E-state index is 0.109. The zero-order valence-corrected chi connectivity index (χ0v) is 12.4. The third-order valence-electron chi connectivity index (χ3n) is 3.34. The summed E-state index contributed by atoms with van der Waals surface area (Å²) < 4.78 is 26.5. The van der Waals surface area contributed by atoms with Gasteiger partial charge in [-0.1, -0.05) is 57.6 Å². The molecule has 19 heavy (non-hydrogen) atoms. The van der Waals surface area contributed by atoms with Gasteiger partial charge in [0, 0.05) is 5.38 Å². The van der Waals surface area contributed by atoms with Crippen LogP contribution in [-0.4, -0.2) is 5.38 Å². The molecule has 1 aromatic carbocycles. The first-order chi connectivity index (χ1) is 9.15. The summed E-state index contributed by atoms with van der Waals surface area (Å²) in [5, 5.41) is -0.109. The van der Waals surface area contributed by atoms with Crippen molar-refractivity contribution >= 4 is 11.6 Å². The molecule has 1 unspecified atom stereocenters. The maximum Gasteiger partial charge on any atom is 0.162 e. The van der Waals surface area contributed by atoms with E-state index in [-0.39, 0.29) is 5.38 Å². The molecule has 1 aromatic rings. The molecule has 0 aromatic heterocycles. The Kier molecular flexibility index (Phi) is 8.04. The van der Waals surface area contributed by atoms with E-state index in [9.17, 15) is 8.78 Å². The third kappa shape index (κ3) is 6.38. The van der Waals surface area contributed by atoms with Crippen LogP contribution in [0.2, 0.25) is 0 Å². The molecule has 0 saturated heterocycles. The molecule has 0 nitrogen and oxygen atoms in total. The largest absolute Gasteiger partial charge is 0.204 e. The molecule has 1 atom stereocenters. The van der Waals surface area contributed by atoms with Crippen LogP contribution in [0.25, 0.3) is 0 Å². The van der Waals surface area contributed by atoms with Crippen LogP contribution < -0.4 is 0 Å². The van der Waals surface area contributed by atoms with Crippen molar-refractivity contribution in [3.8, 4) is 0 Å². The Morgan fingerprint density at radius 2 is 1.74 bits per heavy atom. The minimum atomic E-state index is -0.791. The molecular formula is C16H23ClF2. The molecular weight excluding hydrogens is 266 g/mol. The normalized spacial score (nSPS) is 12.6. The molecule has 0 heterocycles. The van der Waals surface area contributed by atoms with E-state index < -0.39 is 11.6 Å².